The number of ether oxygens (including phenoxy) is 1. The van der Waals surface area contributed by atoms with Crippen molar-refractivity contribution in [3.8, 4) is 0 Å². The lowest BCUT2D eigenvalue weighted by Crippen LogP contribution is -2.29. The number of hydrogen-bond donors (Lipinski definition) is 2. The maximum absolute atomic E-state index is 11.4. The Bertz CT molecular complexity index is 352. The second kappa shape index (κ2) is 8.60. The molecule has 5 nitrogen and oxygen atoms in total. The van der Waals surface area contributed by atoms with Gasteiger partial charge < -0.3 is 15.4 Å². The van der Waals surface area contributed by atoms with E-state index in [1.54, 1.807) is 7.11 Å². The van der Waals surface area contributed by atoms with Crippen LogP contribution in [-0.2, 0) is 16.1 Å². The first-order valence-electron chi connectivity index (χ1n) is 6.10. The van der Waals surface area contributed by atoms with Gasteiger partial charge in [0.25, 0.3) is 0 Å². The molecule has 1 aromatic rings. The number of rotatable bonds is 8. The summed E-state index contributed by atoms with van der Waals surface area (Å²) in [5.74, 6) is 0.0431. The van der Waals surface area contributed by atoms with Crippen LogP contribution in [0, 0.1) is 6.92 Å². The molecule has 1 rings (SSSR count). The molecule has 2 N–H and O–H groups in total. The van der Waals surface area contributed by atoms with Gasteiger partial charge in [-0.3, -0.25) is 9.78 Å². The van der Waals surface area contributed by atoms with Gasteiger partial charge in [0.2, 0.25) is 5.91 Å². The van der Waals surface area contributed by atoms with Gasteiger partial charge >= 0.3 is 0 Å². The van der Waals surface area contributed by atoms with Gasteiger partial charge in [-0.25, -0.2) is 0 Å². The molecular weight excluding hydrogens is 230 g/mol. The Hall–Kier alpha value is -1.46. The van der Waals surface area contributed by atoms with Crippen molar-refractivity contribution in [2.75, 3.05) is 26.8 Å². The van der Waals surface area contributed by atoms with Crippen molar-refractivity contribution in [1.82, 2.24) is 15.6 Å². The van der Waals surface area contributed by atoms with E-state index in [4.69, 9.17) is 4.74 Å². The minimum atomic E-state index is 0.0431. The summed E-state index contributed by atoms with van der Waals surface area (Å²) in [6.45, 7) is 4.47. The van der Waals surface area contributed by atoms with Crippen LogP contribution in [0.4, 0.5) is 0 Å². The molecule has 0 aliphatic rings. The highest BCUT2D eigenvalue weighted by Gasteiger charge is 1.99. The molecule has 0 saturated carbocycles. The Labute approximate surface area is 108 Å². The molecule has 0 fully saturated rings. The summed E-state index contributed by atoms with van der Waals surface area (Å²) in [7, 11) is 1.61. The fourth-order valence-electron chi connectivity index (χ4n) is 1.42. The molecule has 0 spiro atoms. The second-order valence-corrected chi connectivity index (χ2v) is 4.08. The first kappa shape index (κ1) is 14.6. The molecule has 0 aromatic carbocycles. The van der Waals surface area contributed by atoms with Gasteiger partial charge in [-0.2, -0.15) is 0 Å². The number of hydrogen-bond acceptors (Lipinski definition) is 4. The van der Waals surface area contributed by atoms with Gasteiger partial charge in [0, 0.05) is 45.1 Å². The van der Waals surface area contributed by atoms with Crippen LogP contribution in [0.5, 0.6) is 0 Å². The number of aromatic nitrogens is 1. The third-order valence-electron chi connectivity index (χ3n) is 2.46. The number of carbonyl (C=O) groups excluding carboxylic acids is 1. The van der Waals surface area contributed by atoms with E-state index in [0.29, 0.717) is 26.1 Å². The predicted octanol–water partition coefficient (Wildman–Crippen LogP) is 0.632. The smallest absolute Gasteiger partial charge is 0.221 e. The van der Waals surface area contributed by atoms with E-state index in [9.17, 15) is 4.79 Å². The van der Waals surface area contributed by atoms with Crippen LogP contribution in [0.15, 0.2) is 18.3 Å². The predicted molar refractivity (Wildman–Crippen MR) is 70.2 cm³/mol. The Morgan fingerprint density at radius 3 is 2.89 bits per heavy atom. The summed E-state index contributed by atoms with van der Waals surface area (Å²) >= 11 is 0. The summed E-state index contributed by atoms with van der Waals surface area (Å²) in [6.07, 6.45) is 2.32. The molecule has 5 heteroatoms. The van der Waals surface area contributed by atoms with E-state index in [-0.39, 0.29) is 5.91 Å². The van der Waals surface area contributed by atoms with Crippen LogP contribution in [0.25, 0.3) is 0 Å². The topological polar surface area (TPSA) is 63.2 Å². The van der Waals surface area contributed by atoms with Crippen LogP contribution in [0.1, 0.15) is 17.7 Å². The maximum Gasteiger partial charge on any atom is 0.221 e. The molecular formula is C13H21N3O2. The van der Waals surface area contributed by atoms with Crippen LogP contribution in [0.2, 0.25) is 0 Å². The van der Waals surface area contributed by atoms with E-state index >= 15 is 0 Å². The molecule has 100 valence electrons. The molecule has 1 amide bonds. The first-order chi connectivity index (χ1) is 8.72. The van der Waals surface area contributed by atoms with Gasteiger partial charge in [0.05, 0.1) is 6.61 Å². The largest absolute Gasteiger partial charge is 0.383 e. The number of methoxy groups -OCH3 is 1. The average Bonchev–Trinajstić information content (AvgIpc) is 2.37. The standard InChI is InChI=1S/C13H21N3O2/c1-11-3-4-12(10-16-11)9-14-6-5-13(17)15-7-8-18-2/h3-4,10,14H,5-9H2,1-2H3,(H,15,17). The van der Waals surface area contributed by atoms with E-state index in [0.717, 1.165) is 17.8 Å². The number of nitrogens with zero attached hydrogens (tertiary/aromatic N) is 1. The lowest BCUT2D eigenvalue weighted by molar-refractivity contribution is -0.121. The monoisotopic (exact) mass is 251 g/mol. The van der Waals surface area contributed by atoms with Gasteiger partial charge in [-0.05, 0) is 18.6 Å². The van der Waals surface area contributed by atoms with Crippen LogP contribution in [-0.4, -0.2) is 37.7 Å². The SMILES string of the molecule is COCCNC(=O)CCNCc1ccc(C)nc1. The molecule has 0 radical (unpaired) electrons. The summed E-state index contributed by atoms with van der Waals surface area (Å²) in [4.78, 5) is 15.6. The van der Waals surface area contributed by atoms with Crippen molar-refractivity contribution in [2.24, 2.45) is 0 Å². The Morgan fingerprint density at radius 1 is 1.39 bits per heavy atom. The van der Waals surface area contributed by atoms with E-state index in [1.807, 2.05) is 25.3 Å². The van der Waals surface area contributed by atoms with Crippen molar-refractivity contribution >= 4 is 5.91 Å². The van der Waals surface area contributed by atoms with Crippen LogP contribution in [0.3, 0.4) is 0 Å². The third kappa shape index (κ3) is 6.32. The molecule has 0 bridgehead atoms. The molecule has 1 heterocycles. The zero-order chi connectivity index (χ0) is 13.2. The van der Waals surface area contributed by atoms with Crippen molar-refractivity contribution < 1.29 is 9.53 Å². The summed E-state index contributed by atoms with van der Waals surface area (Å²) in [5.41, 5.74) is 2.14. The van der Waals surface area contributed by atoms with Crippen molar-refractivity contribution in [1.29, 1.82) is 0 Å². The highest BCUT2D eigenvalue weighted by atomic mass is 16.5. The molecule has 0 saturated heterocycles. The molecule has 0 atom stereocenters. The quantitative estimate of drug-likeness (QED) is 0.665. The Balaban J connectivity index is 2.07. The van der Waals surface area contributed by atoms with E-state index in [1.165, 1.54) is 0 Å². The molecule has 0 aliphatic carbocycles. The lowest BCUT2D eigenvalue weighted by atomic mass is 10.2. The number of amides is 1. The summed E-state index contributed by atoms with van der Waals surface area (Å²) in [5, 5.41) is 5.98. The molecule has 0 unspecified atom stereocenters. The van der Waals surface area contributed by atoms with Gasteiger partial charge in [-0.1, -0.05) is 6.07 Å². The zero-order valence-corrected chi connectivity index (χ0v) is 11.0. The van der Waals surface area contributed by atoms with Crippen molar-refractivity contribution in [3.05, 3.63) is 29.6 Å². The fraction of sp³-hybridized carbons (Fsp3) is 0.538. The minimum Gasteiger partial charge on any atom is -0.383 e. The third-order valence-corrected chi connectivity index (χ3v) is 2.46. The molecule has 1 aromatic heterocycles. The summed E-state index contributed by atoms with van der Waals surface area (Å²) in [6, 6.07) is 4.02. The Kier molecular flexibility index (Phi) is 6.98. The first-order valence-corrected chi connectivity index (χ1v) is 6.10. The lowest BCUT2D eigenvalue weighted by Gasteiger charge is -2.06. The van der Waals surface area contributed by atoms with Crippen LogP contribution >= 0.6 is 0 Å². The highest BCUT2D eigenvalue weighted by Crippen LogP contribution is 1.98. The van der Waals surface area contributed by atoms with E-state index < -0.39 is 0 Å². The number of nitrogens with one attached hydrogen (secondary N) is 2. The van der Waals surface area contributed by atoms with E-state index in [2.05, 4.69) is 15.6 Å². The molecule has 0 aliphatic heterocycles. The minimum absolute atomic E-state index is 0.0431. The van der Waals surface area contributed by atoms with Gasteiger partial charge in [0.1, 0.15) is 0 Å². The van der Waals surface area contributed by atoms with Crippen molar-refractivity contribution in [3.63, 3.8) is 0 Å². The number of carbonyl (C=O) groups is 1. The van der Waals surface area contributed by atoms with Crippen molar-refractivity contribution in [2.45, 2.75) is 19.9 Å². The number of aryl methyl sites for hydroxylation is 1. The van der Waals surface area contributed by atoms with Crippen LogP contribution < -0.4 is 10.6 Å². The average molecular weight is 251 g/mol. The fourth-order valence-corrected chi connectivity index (χ4v) is 1.42. The maximum atomic E-state index is 11.4. The molecule has 18 heavy (non-hydrogen) atoms. The second-order valence-electron chi connectivity index (χ2n) is 4.08. The summed E-state index contributed by atoms with van der Waals surface area (Å²) < 4.78 is 4.85. The number of pyridine rings is 1. The van der Waals surface area contributed by atoms with Gasteiger partial charge in [0.15, 0.2) is 0 Å². The Morgan fingerprint density at radius 2 is 2.22 bits per heavy atom. The zero-order valence-electron chi connectivity index (χ0n) is 11.0. The van der Waals surface area contributed by atoms with Gasteiger partial charge in [-0.15, -0.1) is 0 Å². The highest BCUT2D eigenvalue weighted by molar-refractivity contribution is 5.75. The normalized spacial score (nSPS) is 10.3.